The molecular formula is C17H19F2N. The normalized spacial score (nSPS) is 22.9. The minimum absolute atomic E-state index is 0.112. The standard InChI is InChI=1S/C17H19F2N/c18-10-2-1-3-13-4-6-14(7-5-13)15-8-9-16(12-20)17(19)11-15/h2,8-11,13-14H,1,3-7H2/t13-,14-. The maximum absolute atomic E-state index is 13.6. The van der Waals surface area contributed by atoms with Crippen molar-refractivity contribution in [3.63, 3.8) is 0 Å². The Kier molecular flexibility index (Phi) is 5.29. The summed E-state index contributed by atoms with van der Waals surface area (Å²) in [5, 5.41) is 8.73. The Bertz CT molecular complexity index is 508. The molecular weight excluding hydrogens is 256 g/mol. The number of hydrogen-bond donors (Lipinski definition) is 0. The summed E-state index contributed by atoms with van der Waals surface area (Å²) >= 11 is 0. The van der Waals surface area contributed by atoms with Gasteiger partial charge in [-0.05, 0) is 68.1 Å². The van der Waals surface area contributed by atoms with Gasteiger partial charge in [-0.2, -0.15) is 5.26 Å². The van der Waals surface area contributed by atoms with Crippen LogP contribution in [0, 0.1) is 23.1 Å². The Morgan fingerprint density at radius 3 is 2.60 bits per heavy atom. The molecule has 1 fully saturated rings. The minimum atomic E-state index is -0.416. The number of allylic oxidation sites excluding steroid dienone is 1. The number of nitrogens with zero attached hydrogens (tertiary/aromatic N) is 1. The van der Waals surface area contributed by atoms with Gasteiger partial charge in [0.15, 0.2) is 0 Å². The monoisotopic (exact) mass is 275 g/mol. The van der Waals surface area contributed by atoms with Gasteiger partial charge in [-0.1, -0.05) is 12.1 Å². The van der Waals surface area contributed by atoms with Crippen LogP contribution in [0.5, 0.6) is 0 Å². The second-order valence-corrected chi connectivity index (χ2v) is 5.51. The fraction of sp³-hybridized carbons (Fsp3) is 0.471. The molecule has 0 heterocycles. The molecule has 20 heavy (non-hydrogen) atoms. The molecule has 0 atom stereocenters. The molecule has 0 N–H and O–H groups in total. The van der Waals surface area contributed by atoms with Crippen molar-refractivity contribution in [1.29, 1.82) is 5.26 Å². The molecule has 0 spiro atoms. The van der Waals surface area contributed by atoms with Gasteiger partial charge < -0.3 is 0 Å². The minimum Gasteiger partial charge on any atom is -0.216 e. The zero-order valence-corrected chi connectivity index (χ0v) is 11.5. The van der Waals surface area contributed by atoms with Crippen molar-refractivity contribution in [2.75, 3.05) is 0 Å². The molecule has 1 aliphatic carbocycles. The van der Waals surface area contributed by atoms with Crippen molar-refractivity contribution < 1.29 is 8.78 Å². The van der Waals surface area contributed by atoms with Gasteiger partial charge in [0.25, 0.3) is 0 Å². The molecule has 106 valence electrons. The number of halogens is 2. The number of nitriles is 1. The maximum Gasteiger partial charge on any atom is 0.141 e. The average molecular weight is 275 g/mol. The van der Waals surface area contributed by atoms with Crippen LogP contribution in [-0.4, -0.2) is 0 Å². The third-order valence-electron chi connectivity index (χ3n) is 4.26. The molecule has 3 heteroatoms. The maximum atomic E-state index is 13.6. The first kappa shape index (κ1) is 14.7. The summed E-state index contributed by atoms with van der Waals surface area (Å²) in [7, 11) is 0. The quantitative estimate of drug-likeness (QED) is 0.737. The van der Waals surface area contributed by atoms with Gasteiger partial charge in [0.1, 0.15) is 11.9 Å². The van der Waals surface area contributed by atoms with Gasteiger partial charge in [-0.15, -0.1) is 0 Å². The SMILES string of the molecule is N#Cc1ccc([C@H]2CC[C@H](CCC=CF)CC2)cc1F. The van der Waals surface area contributed by atoms with Crippen LogP contribution < -0.4 is 0 Å². The third kappa shape index (κ3) is 3.66. The average Bonchev–Trinajstić information content (AvgIpc) is 2.48. The second kappa shape index (κ2) is 7.19. The highest BCUT2D eigenvalue weighted by Gasteiger charge is 2.22. The highest BCUT2D eigenvalue weighted by atomic mass is 19.1. The van der Waals surface area contributed by atoms with E-state index < -0.39 is 5.82 Å². The van der Waals surface area contributed by atoms with E-state index in [0.717, 1.165) is 44.1 Å². The van der Waals surface area contributed by atoms with Crippen molar-refractivity contribution in [1.82, 2.24) is 0 Å². The predicted octanol–water partition coefficient (Wildman–Crippen LogP) is 5.23. The number of hydrogen-bond acceptors (Lipinski definition) is 1. The van der Waals surface area contributed by atoms with Crippen LogP contribution in [0.1, 0.15) is 55.6 Å². The van der Waals surface area contributed by atoms with Crippen LogP contribution in [-0.2, 0) is 0 Å². The summed E-state index contributed by atoms with van der Waals surface area (Å²) in [6, 6.07) is 6.80. The van der Waals surface area contributed by atoms with Gasteiger partial charge in [-0.3, -0.25) is 0 Å². The van der Waals surface area contributed by atoms with E-state index in [4.69, 9.17) is 5.26 Å². The van der Waals surface area contributed by atoms with Crippen molar-refractivity contribution in [3.05, 3.63) is 47.5 Å². The molecule has 1 aromatic carbocycles. The molecule has 2 rings (SSSR count). The summed E-state index contributed by atoms with van der Waals surface area (Å²) in [4.78, 5) is 0. The van der Waals surface area contributed by atoms with E-state index in [-0.39, 0.29) is 5.56 Å². The molecule has 1 aromatic rings. The third-order valence-corrected chi connectivity index (χ3v) is 4.26. The smallest absolute Gasteiger partial charge is 0.141 e. The van der Waals surface area contributed by atoms with Crippen molar-refractivity contribution in [2.24, 2.45) is 5.92 Å². The van der Waals surface area contributed by atoms with Crippen LogP contribution in [0.25, 0.3) is 0 Å². The number of rotatable bonds is 4. The Hall–Kier alpha value is -1.69. The summed E-state index contributed by atoms with van der Waals surface area (Å²) in [6.07, 6.45) is 8.36. The fourth-order valence-electron chi connectivity index (χ4n) is 3.06. The summed E-state index contributed by atoms with van der Waals surface area (Å²) < 4.78 is 25.5. The zero-order valence-electron chi connectivity index (χ0n) is 11.5. The Morgan fingerprint density at radius 2 is 2.00 bits per heavy atom. The van der Waals surface area contributed by atoms with Gasteiger partial charge in [-0.25, -0.2) is 8.78 Å². The molecule has 0 saturated heterocycles. The van der Waals surface area contributed by atoms with Crippen LogP contribution in [0.4, 0.5) is 8.78 Å². The highest BCUT2D eigenvalue weighted by molar-refractivity contribution is 5.34. The molecule has 0 amide bonds. The first-order chi connectivity index (χ1) is 9.74. The van der Waals surface area contributed by atoms with Crippen molar-refractivity contribution >= 4 is 0 Å². The number of benzene rings is 1. The van der Waals surface area contributed by atoms with E-state index in [9.17, 15) is 8.78 Å². The van der Waals surface area contributed by atoms with Crippen molar-refractivity contribution in [3.8, 4) is 6.07 Å². The Labute approximate surface area is 118 Å². The Morgan fingerprint density at radius 1 is 1.25 bits per heavy atom. The molecule has 1 nitrogen and oxygen atoms in total. The van der Waals surface area contributed by atoms with Crippen LogP contribution in [0.15, 0.2) is 30.6 Å². The van der Waals surface area contributed by atoms with E-state index >= 15 is 0 Å². The first-order valence-corrected chi connectivity index (χ1v) is 7.19. The van der Waals surface area contributed by atoms with Gasteiger partial charge in [0, 0.05) is 0 Å². The molecule has 0 radical (unpaired) electrons. The zero-order chi connectivity index (χ0) is 14.4. The van der Waals surface area contributed by atoms with Crippen LogP contribution in [0.2, 0.25) is 0 Å². The fourth-order valence-corrected chi connectivity index (χ4v) is 3.06. The van der Waals surface area contributed by atoms with E-state index in [1.54, 1.807) is 12.1 Å². The van der Waals surface area contributed by atoms with Crippen LogP contribution >= 0.6 is 0 Å². The lowest BCUT2D eigenvalue weighted by Gasteiger charge is -2.28. The van der Waals surface area contributed by atoms with Crippen LogP contribution in [0.3, 0.4) is 0 Å². The van der Waals surface area contributed by atoms with E-state index in [2.05, 4.69) is 0 Å². The highest BCUT2D eigenvalue weighted by Crippen LogP contribution is 2.37. The second-order valence-electron chi connectivity index (χ2n) is 5.51. The van der Waals surface area contributed by atoms with E-state index in [1.165, 1.54) is 6.07 Å². The topological polar surface area (TPSA) is 23.8 Å². The Balaban J connectivity index is 1.90. The molecule has 0 bridgehead atoms. The predicted molar refractivity (Wildman–Crippen MR) is 75.3 cm³/mol. The lowest BCUT2D eigenvalue weighted by atomic mass is 9.77. The summed E-state index contributed by atoms with van der Waals surface area (Å²) in [5.41, 5.74) is 1.11. The molecule has 1 saturated carbocycles. The lowest BCUT2D eigenvalue weighted by molar-refractivity contribution is 0.311. The van der Waals surface area contributed by atoms with Gasteiger partial charge >= 0.3 is 0 Å². The lowest BCUT2D eigenvalue weighted by Crippen LogP contribution is -2.13. The summed E-state index contributed by atoms with van der Waals surface area (Å²) in [5.74, 6) is 0.635. The largest absolute Gasteiger partial charge is 0.216 e. The van der Waals surface area contributed by atoms with Gasteiger partial charge in [0.2, 0.25) is 0 Å². The van der Waals surface area contributed by atoms with E-state index in [1.807, 2.05) is 12.1 Å². The molecule has 1 aliphatic rings. The summed E-state index contributed by atoms with van der Waals surface area (Å²) in [6.45, 7) is 0. The van der Waals surface area contributed by atoms with Gasteiger partial charge in [0.05, 0.1) is 11.9 Å². The first-order valence-electron chi connectivity index (χ1n) is 7.19. The molecule has 0 aromatic heterocycles. The molecule has 0 aliphatic heterocycles. The molecule has 0 unspecified atom stereocenters. The van der Waals surface area contributed by atoms with Crippen molar-refractivity contribution in [2.45, 2.75) is 44.4 Å². The van der Waals surface area contributed by atoms with E-state index in [0.29, 0.717) is 18.2 Å².